The zero-order valence-corrected chi connectivity index (χ0v) is 57.0. The van der Waals surface area contributed by atoms with Crippen LogP contribution in [0.3, 0.4) is 0 Å². The second kappa shape index (κ2) is 28.3. The highest BCUT2D eigenvalue weighted by Crippen LogP contribution is 2.42. The maximum absolute atomic E-state index is 4.91. The minimum Gasteiger partial charge on any atom is -0.377 e. The molecule has 0 atom stereocenters. The molecule has 101 heavy (non-hydrogen) atoms. The van der Waals surface area contributed by atoms with Crippen LogP contribution in [0.25, 0.3) is 83.8 Å². The number of para-hydroxylation sites is 5. The van der Waals surface area contributed by atoms with Crippen LogP contribution in [0.4, 0.5) is 45.5 Å². The Morgan fingerprint density at radius 3 is 1.13 bits per heavy atom. The Morgan fingerprint density at radius 1 is 0.356 bits per heavy atom. The monoisotopic (exact) mass is 1300 g/mol. The third-order valence-electron chi connectivity index (χ3n) is 19.6. The van der Waals surface area contributed by atoms with Crippen molar-refractivity contribution in [2.24, 2.45) is 12.0 Å². The van der Waals surface area contributed by atoms with Crippen molar-refractivity contribution in [1.29, 1.82) is 0 Å². The van der Waals surface area contributed by atoms with Gasteiger partial charge in [-0.1, -0.05) is 224 Å². The Hall–Kier alpha value is -12.8. The van der Waals surface area contributed by atoms with Crippen LogP contribution in [0.5, 0.6) is 0 Å². The molecule has 0 radical (unpaired) electrons. The lowest BCUT2D eigenvalue weighted by atomic mass is 9.92. The summed E-state index contributed by atoms with van der Waals surface area (Å²) in [5.74, 6) is 2.09. The van der Waals surface area contributed by atoms with Crippen LogP contribution in [0.15, 0.2) is 381 Å². The van der Waals surface area contributed by atoms with Crippen molar-refractivity contribution in [3.8, 4) is 61.6 Å². The fourth-order valence-electron chi connectivity index (χ4n) is 14.3. The minimum absolute atomic E-state index is 0.874. The average molecular weight is 1300 g/mol. The first-order valence-electron chi connectivity index (χ1n) is 34.7. The number of nitrogens with zero attached hydrogens (tertiary/aromatic N) is 7. The Balaban J connectivity index is 0.688. The van der Waals surface area contributed by atoms with Gasteiger partial charge in [0.2, 0.25) is 0 Å². The van der Waals surface area contributed by atoms with Crippen LogP contribution in [0, 0.1) is 0 Å². The van der Waals surface area contributed by atoms with E-state index in [9.17, 15) is 0 Å². The smallest absolute Gasteiger partial charge is 0.294 e. The van der Waals surface area contributed by atoms with Crippen LogP contribution in [-0.2, 0) is 7.05 Å². The fourth-order valence-corrected chi connectivity index (χ4v) is 14.3. The number of aryl methyl sites for hydroxylation is 1. The van der Waals surface area contributed by atoms with Crippen molar-refractivity contribution >= 4 is 73.5 Å². The van der Waals surface area contributed by atoms with Gasteiger partial charge in [0.25, 0.3) is 5.82 Å². The molecule has 7 heteroatoms. The second-order valence-electron chi connectivity index (χ2n) is 25.9. The molecule has 0 N–H and O–H groups in total. The van der Waals surface area contributed by atoms with Gasteiger partial charge in [0.05, 0.1) is 12.6 Å². The number of aliphatic imine (C=N–C) groups is 1. The van der Waals surface area contributed by atoms with Gasteiger partial charge in [-0.15, -0.1) is 0 Å². The molecule has 0 saturated heterocycles. The SMILES string of the molecule is CN=C(C1=CC=C(c2ccc(N(c3ccc(-c4ccccc4)cc3)c3ccc(-c4ccc(N(c5ccc(-c6ccc(C7=CCN(C)C=C7)cc6)cc5)c5ccc(-c6ccc(-c7n(-c8ccccc8)c8ccccc8[n+]7C)cc6)cc5)cc4)cc3)cc2)CC1)N(c1ccccc1)c1ccccc1. The number of likely N-dealkylation sites (N-methyl/N-ethyl adjacent to an activating group) is 1. The maximum atomic E-state index is 4.91. The van der Waals surface area contributed by atoms with Crippen LogP contribution >= 0.6 is 0 Å². The van der Waals surface area contributed by atoms with Crippen LogP contribution in [0.1, 0.15) is 24.0 Å². The van der Waals surface area contributed by atoms with E-state index in [2.05, 4.69) is 413 Å². The van der Waals surface area contributed by atoms with Crippen molar-refractivity contribution in [2.75, 3.05) is 35.3 Å². The van der Waals surface area contributed by atoms with E-state index in [0.29, 0.717) is 0 Å². The summed E-state index contributed by atoms with van der Waals surface area (Å²) in [4.78, 5) is 14.1. The summed E-state index contributed by atoms with van der Waals surface area (Å²) >= 11 is 0. The number of benzene rings is 13. The molecule has 486 valence electrons. The van der Waals surface area contributed by atoms with Gasteiger partial charge in [-0.3, -0.25) is 9.89 Å². The fraction of sp³-hybridized carbons (Fsp3) is 0.0638. The first kappa shape index (κ1) is 62.9. The molecular formula is C94H76N7+. The van der Waals surface area contributed by atoms with Gasteiger partial charge in [-0.05, 0) is 231 Å². The van der Waals surface area contributed by atoms with E-state index in [4.69, 9.17) is 4.99 Å². The number of aromatic nitrogens is 2. The highest BCUT2D eigenvalue weighted by Gasteiger charge is 2.27. The number of hydrogen-bond donors (Lipinski definition) is 0. The number of rotatable bonds is 17. The van der Waals surface area contributed by atoms with E-state index in [1.54, 1.807) is 0 Å². The molecule has 2 heterocycles. The summed E-state index contributed by atoms with van der Waals surface area (Å²) in [6, 6.07) is 123. The third kappa shape index (κ3) is 13.0. The molecule has 1 aliphatic heterocycles. The van der Waals surface area contributed by atoms with Gasteiger partial charge in [0, 0.05) is 66.1 Å². The summed E-state index contributed by atoms with van der Waals surface area (Å²) in [5.41, 5.74) is 28.7. The topological polar surface area (TPSA) is 34.1 Å². The first-order valence-corrected chi connectivity index (χ1v) is 34.7. The lowest BCUT2D eigenvalue weighted by Crippen LogP contribution is -2.30. The van der Waals surface area contributed by atoms with Crippen LogP contribution in [-0.4, -0.2) is 35.9 Å². The molecule has 0 fully saturated rings. The molecule has 14 aromatic rings. The standard InChI is InChI=1S/C94H76N7/c1-95-93(100(82-20-10-5-11-21-82)83-22-12-6-13-23-83)80-36-32-70(33-37-80)75-44-56-87(57-45-75)98(85-52-40-73(41-53-85)68-18-8-4-9-19-68)89-60-48-77(49-61-89)78-50-62-90(63-51-78)99(86-54-42-74(43-55-86)69-28-30-72(31-29-69)79-64-66-96(2)67-65-79)88-58-46-76(47-59-88)71-34-38-81(39-35-71)94-97(3)91-26-16-17-27-92(91)101(94)84-24-14-7-15-25-84/h4-32,34-36,38-66H,33,37,67H2,1-3H3/q+1. The minimum atomic E-state index is 0.874. The van der Waals surface area contributed by atoms with Gasteiger partial charge in [0.15, 0.2) is 11.0 Å². The van der Waals surface area contributed by atoms with Gasteiger partial charge in [-0.25, -0.2) is 4.57 Å². The molecule has 0 saturated carbocycles. The number of fused-ring (bicyclic) bond motifs is 1. The first-order chi connectivity index (χ1) is 49.8. The molecule has 0 bridgehead atoms. The molecule has 16 rings (SSSR count). The number of anilines is 8. The van der Waals surface area contributed by atoms with Crippen molar-refractivity contribution in [3.63, 3.8) is 0 Å². The van der Waals surface area contributed by atoms with Crippen molar-refractivity contribution in [2.45, 2.75) is 12.8 Å². The van der Waals surface area contributed by atoms with Crippen molar-refractivity contribution in [1.82, 2.24) is 9.47 Å². The molecule has 1 aromatic heterocycles. The van der Waals surface area contributed by atoms with Gasteiger partial charge >= 0.3 is 0 Å². The summed E-state index contributed by atoms with van der Waals surface area (Å²) in [7, 11) is 6.16. The van der Waals surface area contributed by atoms with E-state index in [1.165, 1.54) is 61.1 Å². The largest absolute Gasteiger partial charge is 0.377 e. The quantitative estimate of drug-likeness (QED) is 0.0517. The zero-order chi connectivity index (χ0) is 68.0. The molecule has 0 amide bonds. The van der Waals surface area contributed by atoms with E-state index < -0.39 is 0 Å². The summed E-state index contributed by atoms with van der Waals surface area (Å²) in [6.07, 6.45) is 12.9. The Kier molecular flexibility index (Phi) is 17.6. The van der Waals surface area contributed by atoms with Crippen LogP contribution in [0.2, 0.25) is 0 Å². The maximum Gasteiger partial charge on any atom is 0.294 e. The number of imidazole rings is 1. The molecule has 0 spiro atoms. The molecule has 0 unspecified atom stereocenters. The van der Waals surface area contributed by atoms with Crippen molar-refractivity contribution in [3.05, 3.63) is 387 Å². The highest BCUT2D eigenvalue weighted by atomic mass is 15.2. The zero-order valence-electron chi connectivity index (χ0n) is 57.0. The average Bonchev–Trinajstić information content (AvgIpc) is 1.61. The lowest BCUT2D eigenvalue weighted by Gasteiger charge is -2.29. The van der Waals surface area contributed by atoms with Gasteiger partial charge < -0.3 is 14.7 Å². The highest BCUT2D eigenvalue weighted by molar-refractivity contribution is 6.14. The normalized spacial score (nSPS) is 13.0. The third-order valence-corrected chi connectivity index (χ3v) is 19.6. The summed E-state index contributed by atoms with van der Waals surface area (Å²) < 4.78 is 4.66. The molecule has 2 aliphatic rings. The van der Waals surface area contributed by atoms with E-state index in [-0.39, 0.29) is 0 Å². The molecule has 1 aliphatic carbocycles. The molecule has 7 nitrogen and oxygen atoms in total. The molecular weight excluding hydrogens is 1230 g/mol. The summed E-state index contributed by atoms with van der Waals surface area (Å²) in [6.45, 7) is 0.908. The molecule has 13 aromatic carbocycles. The lowest BCUT2D eigenvalue weighted by molar-refractivity contribution is -0.633. The second-order valence-corrected chi connectivity index (χ2v) is 25.9. The predicted molar refractivity (Wildman–Crippen MR) is 424 cm³/mol. The van der Waals surface area contributed by atoms with E-state index >= 15 is 0 Å². The number of allylic oxidation sites excluding steroid dienone is 5. The van der Waals surface area contributed by atoms with Gasteiger partial charge in [0.1, 0.15) is 11.5 Å². The number of amidine groups is 1. The van der Waals surface area contributed by atoms with E-state index in [1.807, 2.05) is 7.05 Å². The Bertz CT molecular complexity index is 5330. The summed E-state index contributed by atoms with van der Waals surface area (Å²) in [5, 5.41) is 0. The predicted octanol–water partition coefficient (Wildman–Crippen LogP) is 23.5. The van der Waals surface area contributed by atoms with Crippen molar-refractivity contribution < 1.29 is 4.57 Å². The van der Waals surface area contributed by atoms with Gasteiger partial charge in [-0.2, -0.15) is 4.57 Å². The number of hydrogen-bond acceptors (Lipinski definition) is 4. The Labute approximate surface area is 592 Å². The van der Waals surface area contributed by atoms with E-state index in [0.717, 1.165) is 110 Å². The Morgan fingerprint density at radius 2 is 0.723 bits per heavy atom. The van der Waals surface area contributed by atoms with Crippen LogP contribution < -0.4 is 19.3 Å².